The van der Waals surface area contributed by atoms with Crippen molar-refractivity contribution in [3.05, 3.63) is 48.0 Å². The van der Waals surface area contributed by atoms with Gasteiger partial charge in [0.25, 0.3) is 0 Å². The van der Waals surface area contributed by atoms with Crippen LogP contribution in [0.1, 0.15) is 26.3 Å². The number of hydrogen-bond acceptors (Lipinski definition) is 1. The van der Waals surface area contributed by atoms with Crippen LogP contribution in [0.25, 0.3) is 10.8 Å². The summed E-state index contributed by atoms with van der Waals surface area (Å²) in [6.07, 6.45) is 0.670. The van der Waals surface area contributed by atoms with E-state index in [1.54, 1.807) is 0 Å². The van der Waals surface area contributed by atoms with Gasteiger partial charge in [0, 0.05) is 6.66 Å². The molecule has 0 heterocycles. The third kappa shape index (κ3) is 3.62. The Bertz CT molecular complexity index is 587. The van der Waals surface area contributed by atoms with Gasteiger partial charge in [-0.05, 0) is 50.3 Å². The Morgan fingerprint density at radius 1 is 1.05 bits per heavy atom. The minimum absolute atomic E-state index is 0.135. The molecule has 1 atom stereocenters. The van der Waals surface area contributed by atoms with Gasteiger partial charge in [-0.3, -0.25) is 0 Å². The monoisotopic (exact) mass is 285 g/mol. The summed E-state index contributed by atoms with van der Waals surface area (Å²) in [6.45, 7) is 9.38. The van der Waals surface area contributed by atoms with Crippen LogP contribution >= 0.6 is 7.14 Å². The zero-order valence-electron chi connectivity index (χ0n) is 12.9. The van der Waals surface area contributed by atoms with Crippen molar-refractivity contribution in [3.63, 3.8) is 0 Å². The normalized spacial score (nSPS) is 15.2. The lowest BCUT2D eigenvalue weighted by atomic mass is 10.1. The maximum absolute atomic E-state index is 6.43. The Balaban J connectivity index is 2.00. The zero-order valence-corrected chi connectivity index (χ0v) is 13.8. The average Bonchev–Trinajstić information content (AvgIpc) is 2.37. The van der Waals surface area contributed by atoms with E-state index in [1.807, 2.05) is 0 Å². The van der Waals surface area contributed by atoms with Crippen molar-refractivity contribution in [2.24, 2.45) is 0 Å². The first-order chi connectivity index (χ1) is 9.29. The molecule has 2 rings (SSSR count). The molecule has 2 aromatic carbocycles. The minimum Gasteiger partial charge on any atom is -0.344 e. The number of fused-ring (bicyclic) bond motifs is 1. The SMILES string of the molecule is [B][P+](C)(COCc1ccc2ccccc2c1)C(C)(C)C. The van der Waals surface area contributed by atoms with Crippen LogP contribution in [0.3, 0.4) is 0 Å². The average molecular weight is 285 g/mol. The Hall–Kier alpha value is -0.845. The Morgan fingerprint density at radius 2 is 1.70 bits per heavy atom. The first kappa shape index (κ1) is 15.5. The second-order valence-electron chi connectivity index (χ2n) is 6.60. The van der Waals surface area contributed by atoms with E-state index in [2.05, 4.69) is 69.9 Å². The predicted molar refractivity (Wildman–Crippen MR) is 92.0 cm³/mol. The highest BCUT2D eigenvalue weighted by molar-refractivity contribution is 7.97. The fourth-order valence-electron chi connectivity index (χ4n) is 1.88. The van der Waals surface area contributed by atoms with E-state index in [4.69, 9.17) is 12.3 Å². The minimum atomic E-state index is -1.53. The van der Waals surface area contributed by atoms with Gasteiger partial charge < -0.3 is 4.74 Å². The molecule has 0 bridgehead atoms. The lowest BCUT2D eigenvalue weighted by Gasteiger charge is -2.32. The molecule has 0 aliphatic heterocycles. The molecule has 2 aromatic rings. The second-order valence-corrected chi connectivity index (χ2v) is 10.7. The molecule has 0 amide bonds. The maximum atomic E-state index is 6.43. The van der Waals surface area contributed by atoms with E-state index in [0.29, 0.717) is 13.0 Å². The molecule has 0 fully saturated rings. The lowest BCUT2D eigenvalue weighted by molar-refractivity contribution is 0.164. The summed E-state index contributed by atoms with van der Waals surface area (Å²) in [4.78, 5) is 0. The fourth-order valence-corrected chi connectivity index (χ4v) is 2.73. The predicted octanol–water partition coefficient (Wildman–Crippen LogP) is 4.84. The van der Waals surface area contributed by atoms with Gasteiger partial charge in [-0.1, -0.05) is 36.4 Å². The quantitative estimate of drug-likeness (QED) is 0.576. The molecule has 0 spiro atoms. The molecule has 2 radical (unpaired) electrons. The van der Waals surface area contributed by atoms with Crippen molar-refractivity contribution in [2.75, 3.05) is 13.0 Å². The molecular weight excluding hydrogens is 262 g/mol. The van der Waals surface area contributed by atoms with Crippen molar-refractivity contribution in [1.82, 2.24) is 0 Å². The smallest absolute Gasteiger partial charge is 0.344 e. The lowest BCUT2D eigenvalue weighted by Crippen LogP contribution is -2.23. The molecule has 0 saturated heterocycles. The summed E-state index contributed by atoms with van der Waals surface area (Å²) in [5, 5.41) is 2.66. The molecule has 1 unspecified atom stereocenters. The maximum Gasteiger partial charge on any atom is 0.368 e. The molecule has 0 N–H and O–H groups in total. The van der Waals surface area contributed by atoms with Gasteiger partial charge in [0.1, 0.15) is 6.35 Å². The van der Waals surface area contributed by atoms with Crippen molar-refractivity contribution in [2.45, 2.75) is 32.5 Å². The molecule has 104 valence electrons. The van der Waals surface area contributed by atoms with E-state index >= 15 is 0 Å². The summed E-state index contributed by atoms with van der Waals surface area (Å²) in [6, 6.07) is 14.9. The summed E-state index contributed by atoms with van der Waals surface area (Å²) >= 11 is 0. The molecule has 20 heavy (non-hydrogen) atoms. The largest absolute Gasteiger partial charge is 0.368 e. The molecular formula is C17H23BOP+. The van der Waals surface area contributed by atoms with Crippen molar-refractivity contribution in [1.29, 1.82) is 0 Å². The summed E-state index contributed by atoms with van der Waals surface area (Å²) < 4.78 is 5.88. The van der Waals surface area contributed by atoms with Gasteiger partial charge in [0.2, 0.25) is 0 Å². The van der Waals surface area contributed by atoms with Crippen LogP contribution in [-0.4, -0.2) is 25.7 Å². The highest BCUT2D eigenvalue weighted by atomic mass is 31.2. The molecule has 3 heteroatoms. The number of hydrogen-bond donors (Lipinski definition) is 0. The van der Waals surface area contributed by atoms with Gasteiger partial charge in [0.05, 0.1) is 11.8 Å². The Labute approximate surface area is 124 Å². The fraction of sp³-hybridized carbons (Fsp3) is 0.412. The van der Waals surface area contributed by atoms with E-state index in [0.717, 1.165) is 0 Å². The van der Waals surface area contributed by atoms with Crippen LogP contribution in [-0.2, 0) is 11.3 Å². The van der Waals surface area contributed by atoms with Crippen LogP contribution in [0.5, 0.6) is 0 Å². The van der Waals surface area contributed by atoms with E-state index in [9.17, 15) is 0 Å². The molecule has 0 aliphatic carbocycles. The van der Waals surface area contributed by atoms with Crippen LogP contribution in [0.15, 0.2) is 42.5 Å². The summed E-state index contributed by atoms with van der Waals surface area (Å²) in [5.41, 5.74) is 1.21. The van der Waals surface area contributed by atoms with Crippen LogP contribution in [0.2, 0.25) is 0 Å². The van der Waals surface area contributed by atoms with E-state index in [1.165, 1.54) is 16.3 Å². The highest BCUT2D eigenvalue weighted by Crippen LogP contribution is 2.61. The topological polar surface area (TPSA) is 9.23 Å². The van der Waals surface area contributed by atoms with Crippen molar-refractivity contribution >= 4 is 25.5 Å². The van der Waals surface area contributed by atoms with Crippen molar-refractivity contribution < 1.29 is 4.74 Å². The van der Waals surface area contributed by atoms with Gasteiger partial charge in [0.15, 0.2) is 0 Å². The van der Waals surface area contributed by atoms with Gasteiger partial charge in [-0.2, -0.15) is 0 Å². The third-order valence-corrected chi connectivity index (χ3v) is 7.76. The zero-order chi connectivity index (χ0) is 14.8. The van der Waals surface area contributed by atoms with Crippen LogP contribution in [0, 0.1) is 0 Å². The molecule has 0 aromatic heterocycles. The standard InChI is InChI=1S/C17H23BOP/c1-17(2,3)20(4,18)13-19-12-14-9-10-15-7-5-6-8-16(15)11-14/h5-11H,12-13H2,1-4H3/q+1. The summed E-state index contributed by atoms with van der Waals surface area (Å²) in [7, 11) is 4.90. The Kier molecular flexibility index (Phi) is 4.57. The first-order valence-electron chi connectivity index (χ1n) is 6.99. The Morgan fingerprint density at radius 3 is 2.35 bits per heavy atom. The first-order valence-corrected chi connectivity index (χ1v) is 9.48. The molecule has 1 nitrogen and oxygen atoms in total. The third-order valence-electron chi connectivity index (χ3n) is 3.97. The molecule has 0 saturated carbocycles. The number of ether oxygens (including phenoxy) is 1. The highest BCUT2D eigenvalue weighted by Gasteiger charge is 2.39. The van der Waals surface area contributed by atoms with Gasteiger partial charge in [-0.15, -0.1) is 0 Å². The number of benzene rings is 2. The van der Waals surface area contributed by atoms with Crippen LogP contribution in [0.4, 0.5) is 0 Å². The van der Waals surface area contributed by atoms with E-state index < -0.39 is 7.14 Å². The molecule has 0 aliphatic rings. The number of rotatable bonds is 4. The van der Waals surface area contributed by atoms with Crippen molar-refractivity contribution in [3.8, 4) is 0 Å². The van der Waals surface area contributed by atoms with E-state index in [-0.39, 0.29) is 5.16 Å². The van der Waals surface area contributed by atoms with Crippen LogP contribution < -0.4 is 0 Å². The van der Waals surface area contributed by atoms with Gasteiger partial charge >= 0.3 is 7.57 Å². The summed E-state index contributed by atoms with van der Waals surface area (Å²) in [5.74, 6) is 0. The van der Waals surface area contributed by atoms with Gasteiger partial charge in [-0.25, -0.2) is 0 Å². The second kappa shape index (κ2) is 5.88.